The summed E-state index contributed by atoms with van der Waals surface area (Å²) in [6, 6.07) is 6.78. The number of carbonyl (C=O) groups excluding carboxylic acids is 1. The molecule has 2 aromatic carbocycles. The average molecular weight is 280 g/mol. The molecule has 0 bridgehead atoms. The summed E-state index contributed by atoms with van der Waals surface area (Å²) in [4.78, 5) is 11.9. The summed E-state index contributed by atoms with van der Waals surface area (Å²) in [6.07, 6.45) is -0.177. The van der Waals surface area contributed by atoms with Gasteiger partial charge in [0, 0.05) is 12.5 Å². The van der Waals surface area contributed by atoms with E-state index in [2.05, 4.69) is 0 Å². The first-order chi connectivity index (χ1) is 9.51. The number of benzene rings is 2. The van der Waals surface area contributed by atoms with Crippen LogP contribution in [0.4, 0.5) is 13.2 Å². The third kappa shape index (κ3) is 2.99. The van der Waals surface area contributed by atoms with Gasteiger partial charge in [-0.1, -0.05) is 6.07 Å². The Morgan fingerprint density at radius 3 is 2.40 bits per heavy atom. The van der Waals surface area contributed by atoms with Gasteiger partial charge in [0.2, 0.25) is 0 Å². The summed E-state index contributed by atoms with van der Waals surface area (Å²) in [5.74, 6) is -2.77. The van der Waals surface area contributed by atoms with Crippen LogP contribution in [0.5, 0.6) is 5.75 Å². The summed E-state index contributed by atoms with van der Waals surface area (Å²) in [7, 11) is 1.33. The fourth-order valence-electron chi connectivity index (χ4n) is 1.82. The molecule has 0 saturated heterocycles. The van der Waals surface area contributed by atoms with E-state index in [0.29, 0.717) is 11.6 Å². The van der Waals surface area contributed by atoms with Crippen molar-refractivity contribution in [3.8, 4) is 5.75 Å². The van der Waals surface area contributed by atoms with E-state index in [4.69, 9.17) is 4.74 Å². The number of hydrogen-bond donors (Lipinski definition) is 0. The normalized spacial score (nSPS) is 10.4. The number of ether oxygens (including phenoxy) is 1. The Balaban J connectivity index is 2.21. The molecule has 0 aromatic heterocycles. The standard InChI is InChI=1S/C15H11F3O2/c1-20-15-5-2-9(6-13(15)18)7-14(19)11-4-3-10(16)8-12(11)17/h2-6,8H,7H2,1H3. The van der Waals surface area contributed by atoms with Gasteiger partial charge in [0.05, 0.1) is 12.7 Å². The van der Waals surface area contributed by atoms with E-state index in [-0.39, 0.29) is 17.7 Å². The first-order valence-corrected chi connectivity index (χ1v) is 5.82. The third-order valence-electron chi connectivity index (χ3n) is 2.81. The van der Waals surface area contributed by atoms with Gasteiger partial charge in [0.25, 0.3) is 0 Å². The van der Waals surface area contributed by atoms with Crippen molar-refractivity contribution >= 4 is 5.78 Å². The van der Waals surface area contributed by atoms with Crippen LogP contribution < -0.4 is 4.74 Å². The lowest BCUT2D eigenvalue weighted by Gasteiger charge is -2.06. The molecular formula is C15H11F3O2. The lowest BCUT2D eigenvalue weighted by molar-refractivity contribution is 0.0989. The number of hydrogen-bond acceptors (Lipinski definition) is 2. The van der Waals surface area contributed by atoms with Gasteiger partial charge in [-0.25, -0.2) is 13.2 Å². The van der Waals surface area contributed by atoms with Crippen molar-refractivity contribution in [3.05, 3.63) is 65.0 Å². The molecule has 0 amide bonds. The van der Waals surface area contributed by atoms with Gasteiger partial charge < -0.3 is 4.74 Å². The molecule has 0 fully saturated rings. The quantitative estimate of drug-likeness (QED) is 0.801. The second kappa shape index (κ2) is 5.77. The lowest BCUT2D eigenvalue weighted by atomic mass is 10.0. The van der Waals surface area contributed by atoms with Crippen molar-refractivity contribution < 1.29 is 22.7 Å². The second-order valence-corrected chi connectivity index (χ2v) is 4.19. The van der Waals surface area contributed by atoms with Crippen LogP contribution in [-0.4, -0.2) is 12.9 Å². The molecule has 0 aliphatic heterocycles. The number of rotatable bonds is 4. The van der Waals surface area contributed by atoms with Gasteiger partial charge >= 0.3 is 0 Å². The minimum absolute atomic E-state index is 0.0640. The zero-order valence-corrected chi connectivity index (χ0v) is 10.6. The summed E-state index contributed by atoms with van der Waals surface area (Å²) in [5, 5.41) is 0. The molecule has 5 heteroatoms. The molecule has 0 N–H and O–H groups in total. The van der Waals surface area contributed by atoms with Crippen LogP contribution in [0.1, 0.15) is 15.9 Å². The summed E-state index contributed by atoms with van der Waals surface area (Å²) in [5.41, 5.74) is 0.166. The van der Waals surface area contributed by atoms with Crippen LogP contribution in [-0.2, 0) is 6.42 Å². The lowest BCUT2D eigenvalue weighted by Crippen LogP contribution is -2.07. The van der Waals surface area contributed by atoms with E-state index in [1.165, 1.54) is 19.2 Å². The Morgan fingerprint density at radius 1 is 1.05 bits per heavy atom. The van der Waals surface area contributed by atoms with Gasteiger partial charge in [-0.05, 0) is 29.8 Å². The van der Waals surface area contributed by atoms with Crippen LogP contribution in [0.2, 0.25) is 0 Å². The van der Waals surface area contributed by atoms with Crippen LogP contribution in [0, 0.1) is 17.5 Å². The summed E-state index contributed by atoms with van der Waals surface area (Å²) in [6.45, 7) is 0. The summed E-state index contributed by atoms with van der Waals surface area (Å²) >= 11 is 0. The Labute approximate surface area is 113 Å². The molecule has 0 atom stereocenters. The van der Waals surface area contributed by atoms with Gasteiger partial charge in [0.15, 0.2) is 17.3 Å². The van der Waals surface area contributed by atoms with Gasteiger partial charge in [-0.2, -0.15) is 0 Å². The topological polar surface area (TPSA) is 26.3 Å². The number of halogens is 3. The maximum absolute atomic E-state index is 13.5. The van der Waals surface area contributed by atoms with Crippen molar-refractivity contribution in [2.45, 2.75) is 6.42 Å². The van der Waals surface area contributed by atoms with Crippen molar-refractivity contribution in [1.82, 2.24) is 0 Å². The van der Waals surface area contributed by atoms with Gasteiger partial charge in [-0.15, -0.1) is 0 Å². The van der Waals surface area contributed by atoms with Crippen LogP contribution in [0.25, 0.3) is 0 Å². The van der Waals surface area contributed by atoms with Crippen LogP contribution in [0.3, 0.4) is 0 Å². The van der Waals surface area contributed by atoms with E-state index < -0.39 is 23.2 Å². The summed E-state index contributed by atoms with van der Waals surface area (Å²) < 4.78 is 44.4. The fraction of sp³-hybridized carbons (Fsp3) is 0.133. The van der Waals surface area contributed by atoms with Crippen molar-refractivity contribution in [1.29, 1.82) is 0 Å². The predicted octanol–water partition coefficient (Wildman–Crippen LogP) is 3.54. The molecular weight excluding hydrogens is 269 g/mol. The number of carbonyl (C=O) groups is 1. The minimum Gasteiger partial charge on any atom is -0.494 e. The Kier molecular flexibility index (Phi) is 4.08. The highest BCUT2D eigenvalue weighted by Crippen LogP contribution is 2.19. The van der Waals surface area contributed by atoms with E-state index >= 15 is 0 Å². The first-order valence-electron chi connectivity index (χ1n) is 5.82. The molecule has 2 rings (SSSR count). The molecule has 0 aliphatic rings. The first kappa shape index (κ1) is 14.1. The van der Waals surface area contributed by atoms with Gasteiger partial charge in [0.1, 0.15) is 11.6 Å². The van der Waals surface area contributed by atoms with E-state index in [1.807, 2.05) is 0 Å². The van der Waals surface area contributed by atoms with E-state index in [0.717, 1.165) is 18.2 Å². The molecule has 0 unspecified atom stereocenters. The highest BCUT2D eigenvalue weighted by Gasteiger charge is 2.14. The molecule has 0 radical (unpaired) electrons. The molecule has 20 heavy (non-hydrogen) atoms. The number of ketones is 1. The highest BCUT2D eigenvalue weighted by atomic mass is 19.1. The highest BCUT2D eigenvalue weighted by molar-refractivity contribution is 5.97. The zero-order valence-electron chi connectivity index (χ0n) is 10.6. The molecule has 2 aromatic rings. The van der Waals surface area contributed by atoms with E-state index in [1.54, 1.807) is 0 Å². The fourth-order valence-corrected chi connectivity index (χ4v) is 1.82. The van der Waals surface area contributed by atoms with Crippen molar-refractivity contribution in [3.63, 3.8) is 0 Å². The molecule has 0 spiro atoms. The molecule has 0 aliphatic carbocycles. The SMILES string of the molecule is COc1ccc(CC(=O)c2ccc(F)cc2F)cc1F. The Morgan fingerprint density at radius 2 is 1.80 bits per heavy atom. The smallest absolute Gasteiger partial charge is 0.170 e. The van der Waals surface area contributed by atoms with Gasteiger partial charge in [-0.3, -0.25) is 4.79 Å². The Bertz CT molecular complexity index is 654. The molecule has 0 heterocycles. The third-order valence-corrected chi connectivity index (χ3v) is 2.81. The monoisotopic (exact) mass is 280 g/mol. The molecule has 104 valence electrons. The number of Topliss-reactive ketones (excluding diaryl/α,β-unsaturated/α-hetero) is 1. The van der Waals surface area contributed by atoms with Crippen molar-refractivity contribution in [2.24, 2.45) is 0 Å². The predicted molar refractivity (Wildman–Crippen MR) is 67.3 cm³/mol. The molecule has 2 nitrogen and oxygen atoms in total. The van der Waals surface area contributed by atoms with Crippen molar-refractivity contribution in [2.75, 3.05) is 7.11 Å². The zero-order chi connectivity index (χ0) is 14.7. The minimum atomic E-state index is -0.927. The largest absolute Gasteiger partial charge is 0.494 e. The molecule has 0 saturated carbocycles. The van der Waals surface area contributed by atoms with Crippen LogP contribution in [0.15, 0.2) is 36.4 Å². The average Bonchev–Trinajstić information content (AvgIpc) is 2.38. The number of methoxy groups -OCH3 is 1. The second-order valence-electron chi connectivity index (χ2n) is 4.19. The maximum Gasteiger partial charge on any atom is 0.170 e. The van der Waals surface area contributed by atoms with Crippen LogP contribution >= 0.6 is 0 Å². The maximum atomic E-state index is 13.5. The Hall–Kier alpha value is -2.30. The van der Waals surface area contributed by atoms with E-state index in [9.17, 15) is 18.0 Å².